The van der Waals surface area contributed by atoms with Crippen LogP contribution in [-0.2, 0) is 6.42 Å². The lowest BCUT2D eigenvalue weighted by Gasteiger charge is -2.20. The molecule has 1 aliphatic heterocycles. The molecule has 3 heterocycles. The van der Waals surface area contributed by atoms with Crippen molar-refractivity contribution < 1.29 is 5.11 Å². The fourth-order valence-corrected chi connectivity index (χ4v) is 4.62. The first-order valence-corrected chi connectivity index (χ1v) is 11.1. The number of hydrogen-bond acceptors (Lipinski definition) is 5. The standard InChI is InChI=1S/C25H27N5O2/c1-16(30-13-5-12-26-25(30)32)24-28-20-10-8-17(15-22(20)29-24)14-19-9-11-21(27-19)23(31)18-6-3-2-4-7-18/h2-8,10,12-13,15-16,19,21,23,27,31H,9,11,14H2,1H3,(H,28,29). The number of rotatable bonds is 6. The summed E-state index contributed by atoms with van der Waals surface area (Å²) >= 11 is 0. The predicted octanol–water partition coefficient (Wildman–Crippen LogP) is 3.13. The van der Waals surface area contributed by atoms with E-state index in [2.05, 4.69) is 32.4 Å². The molecule has 4 unspecified atom stereocenters. The molecule has 1 aliphatic rings. The summed E-state index contributed by atoms with van der Waals surface area (Å²) in [5.41, 5.74) is 3.72. The van der Waals surface area contributed by atoms with Crippen molar-refractivity contribution in [2.75, 3.05) is 0 Å². The van der Waals surface area contributed by atoms with Gasteiger partial charge in [0.1, 0.15) is 5.82 Å². The first-order chi connectivity index (χ1) is 15.6. The predicted molar refractivity (Wildman–Crippen MR) is 123 cm³/mol. The molecule has 1 fully saturated rings. The van der Waals surface area contributed by atoms with Crippen LogP contribution in [0.25, 0.3) is 11.0 Å². The van der Waals surface area contributed by atoms with Crippen LogP contribution in [0.5, 0.6) is 0 Å². The van der Waals surface area contributed by atoms with E-state index in [0.717, 1.165) is 41.7 Å². The van der Waals surface area contributed by atoms with E-state index >= 15 is 0 Å². The second kappa shape index (κ2) is 8.68. The van der Waals surface area contributed by atoms with Gasteiger partial charge in [0, 0.05) is 24.5 Å². The molecule has 5 rings (SSSR count). The van der Waals surface area contributed by atoms with Crippen molar-refractivity contribution in [3.63, 3.8) is 0 Å². The highest BCUT2D eigenvalue weighted by Crippen LogP contribution is 2.27. The van der Waals surface area contributed by atoms with E-state index in [0.29, 0.717) is 6.04 Å². The lowest BCUT2D eigenvalue weighted by Crippen LogP contribution is -2.35. The highest BCUT2D eigenvalue weighted by molar-refractivity contribution is 5.76. The second-order valence-electron chi connectivity index (χ2n) is 8.57. The molecule has 4 atom stereocenters. The lowest BCUT2D eigenvalue weighted by molar-refractivity contribution is 0.135. The van der Waals surface area contributed by atoms with Gasteiger partial charge in [0.05, 0.1) is 23.2 Å². The quantitative estimate of drug-likeness (QED) is 0.438. The summed E-state index contributed by atoms with van der Waals surface area (Å²) in [6, 6.07) is 18.0. The maximum Gasteiger partial charge on any atom is 0.348 e. The average molecular weight is 430 g/mol. The summed E-state index contributed by atoms with van der Waals surface area (Å²) in [7, 11) is 0. The van der Waals surface area contributed by atoms with Crippen LogP contribution < -0.4 is 11.0 Å². The van der Waals surface area contributed by atoms with E-state index in [1.54, 1.807) is 16.8 Å². The number of aromatic amines is 1. The van der Waals surface area contributed by atoms with Gasteiger partial charge in [-0.1, -0.05) is 36.4 Å². The van der Waals surface area contributed by atoms with Crippen LogP contribution in [0.3, 0.4) is 0 Å². The summed E-state index contributed by atoms with van der Waals surface area (Å²) in [4.78, 5) is 23.9. The lowest BCUT2D eigenvalue weighted by atomic mass is 10.0. The third-order valence-corrected chi connectivity index (χ3v) is 6.40. The SMILES string of the molecule is CC(c1nc2ccc(CC3CCC(C(O)c4ccccc4)N3)cc2[nH]1)n1cccnc1=O. The van der Waals surface area contributed by atoms with Crippen LogP contribution in [0.1, 0.15) is 48.9 Å². The van der Waals surface area contributed by atoms with Crippen molar-refractivity contribution in [1.82, 2.24) is 24.8 Å². The zero-order valence-electron chi connectivity index (χ0n) is 18.0. The Labute approximate surface area is 186 Å². The molecular weight excluding hydrogens is 402 g/mol. The fraction of sp³-hybridized carbons (Fsp3) is 0.320. The summed E-state index contributed by atoms with van der Waals surface area (Å²) < 4.78 is 1.57. The van der Waals surface area contributed by atoms with E-state index < -0.39 is 6.10 Å². The smallest absolute Gasteiger partial charge is 0.348 e. The van der Waals surface area contributed by atoms with Crippen LogP contribution in [0.2, 0.25) is 0 Å². The maximum atomic E-state index is 12.0. The topological polar surface area (TPSA) is 95.8 Å². The summed E-state index contributed by atoms with van der Waals surface area (Å²) in [6.07, 6.45) is 5.61. The molecule has 2 aromatic heterocycles. The van der Waals surface area contributed by atoms with Gasteiger partial charge in [-0.15, -0.1) is 0 Å². The van der Waals surface area contributed by atoms with Crippen LogP contribution in [0.4, 0.5) is 0 Å². The summed E-state index contributed by atoms with van der Waals surface area (Å²) in [6.45, 7) is 1.93. The monoisotopic (exact) mass is 429 g/mol. The average Bonchev–Trinajstić information content (AvgIpc) is 3.46. The van der Waals surface area contributed by atoms with Gasteiger partial charge in [-0.25, -0.2) is 14.8 Å². The van der Waals surface area contributed by atoms with Crippen molar-refractivity contribution in [1.29, 1.82) is 0 Å². The zero-order chi connectivity index (χ0) is 22.1. The number of benzene rings is 2. The van der Waals surface area contributed by atoms with Crippen LogP contribution in [-0.4, -0.2) is 36.7 Å². The molecule has 0 radical (unpaired) electrons. The van der Waals surface area contributed by atoms with Gasteiger partial charge in [0.25, 0.3) is 0 Å². The van der Waals surface area contributed by atoms with E-state index in [4.69, 9.17) is 0 Å². The van der Waals surface area contributed by atoms with Crippen molar-refractivity contribution >= 4 is 11.0 Å². The number of fused-ring (bicyclic) bond motifs is 1. The number of hydrogen-bond donors (Lipinski definition) is 3. The molecule has 0 spiro atoms. The Morgan fingerprint density at radius 1 is 1.16 bits per heavy atom. The van der Waals surface area contributed by atoms with Gasteiger partial charge in [-0.05, 0) is 55.5 Å². The molecule has 4 aromatic rings. The minimum atomic E-state index is -0.490. The number of imidazole rings is 1. The Balaban J connectivity index is 1.29. The third-order valence-electron chi connectivity index (χ3n) is 6.40. The number of nitrogens with zero attached hydrogens (tertiary/aromatic N) is 3. The van der Waals surface area contributed by atoms with Crippen molar-refractivity contribution in [3.8, 4) is 0 Å². The van der Waals surface area contributed by atoms with Crippen LogP contribution in [0.15, 0.2) is 71.8 Å². The number of nitrogens with one attached hydrogen (secondary N) is 2. The van der Waals surface area contributed by atoms with Gasteiger partial charge < -0.3 is 15.4 Å². The van der Waals surface area contributed by atoms with E-state index in [9.17, 15) is 9.90 Å². The molecule has 7 nitrogen and oxygen atoms in total. The first-order valence-electron chi connectivity index (χ1n) is 11.1. The van der Waals surface area contributed by atoms with Crippen molar-refractivity contribution in [2.45, 2.75) is 50.4 Å². The summed E-state index contributed by atoms with van der Waals surface area (Å²) in [5, 5.41) is 14.3. The fourth-order valence-electron chi connectivity index (χ4n) is 4.62. The number of aliphatic hydroxyl groups is 1. The van der Waals surface area contributed by atoms with Gasteiger partial charge in [-0.3, -0.25) is 4.57 Å². The maximum absolute atomic E-state index is 12.0. The minimum Gasteiger partial charge on any atom is -0.387 e. The molecular formula is C25H27N5O2. The highest BCUT2D eigenvalue weighted by Gasteiger charge is 2.30. The largest absolute Gasteiger partial charge is 0.387 e. The molecule has 0 amide bonds. The molecule has 3 N–H and O–H groups in total. The molecule has 2 aromatic carbocycles. The van der Waals surface area contributed by atoms with Crippen molar-refractivity contribution in [2.24, 2.45) is 0 Å². The number of H-pyrrole nitrogens is 1. The number of aliphatic hydroxyl groups excluding tert-OH is 1. The molecule has 0 aliphatic carbocycles. The second-order valence-corrected chi connectivity index (χ2v) is 8.57. The van der Waals surface area contributed by atoms with Gasteiger partial charge in [-0.2, -0.15) is 0 Å². The first kappa shape index (κ1) is 20.6. The molecule has 0 bridgehead atoms. The van der Waals surface area contributed by atoms with Crippen LogP contribution in [0, 0.1) is 0 Å². The van der Waals surface area contributed by atoms with Crippen molar-refractivity contribution in [3.05, 3.63) is 94.4 Å². The molecule has 32 heavy (non-hydrogen) atoms. The Bertz CT molecular complexity index is 1270. The Morgan fingerprint density at radius 3 is 2.81 bits per heavy atom. The van der Waals surface area contributed by atoms with E-state index in [1.807, 2.05) is 43.3 Å². The van der Waals surface area contributed by atoms with E-state index in [1.165, 1.54) is 11.8 Å². The number of aromatic nitrogens is 4. The zero-order valence-corrected chi connectivity index (χ0v) is 18.0. The summed E-state index contributed by atoms with van der Waals surface area (Å²) in [5.74, 6) is 0.734. The Hall–Kier alpha value is -3.29. The Kier molecular flexibility index (Phi) is 5.59. The molecule has 1 saturated heterocycles. The molecule has 7 heteroatoms. The highest BCUT2D eigenvalue weighted by atomic mass is 16.3. The normalized spacial score (nSPS) is 20.4. The van der Waals surface area contributed by atoms with Gasteiger partial charge >= 0.3 is 5.69 Å². The van der Waals surface area contributed by atoms with Crippen LogP contribution >= 0.6 is 0 Å². The van der Waals surface area contributed by atoms with Gasteiger partial charge in [0.15, 0.2) is 0 Å². The Morgan fingerprint density at radius 2 is 2.00 bits per heavy atom. The minimum absolute atomic E-state index is 0.0727. The van der Waals surface area contributed by atoms with Gasteiger partial charge in [0.2, 0.25) is 0 Å². The molecule has 164 valence electrons. The third kappa shape index (κ3) is 4.09. The molecule has 0 saturated carbocycles. The van der Waals surface area contributed by atoms with E-state index in [-0.39, 0.29) is 17.8 Å².